The van der Waals surface area contributed by atoms with Crippen molar-refractivity contribution in [2.24, 2.45) is 0 Å². The Labute approximate surface area is 147 Å². The SMILES string of the molecule is c1csc(CNc2nccn3c(-c4ccc5c(c4)OCO5)cnc23)c1. The van der Waals surface area contributed by atoms with E-state index in [0.717, 1.165) is 40.8 Å². The number of aromatic nitrogens is 3. The van der Waals surface area contributed by atoms with Crippen LogP contribution in [0.25, 0.3) is 16.9 Å². The topological polar surface area (TPSA) is 60.7 Å². The third-order valence-electron chi connectivity index (χ3n) is 4.11. The lowest BCUT2D eigenvalue weighted by atomic mass is 10.1. The second-order valence-corrected chi connectivity index (χ2v) is 6.65. The Morgan fingerprint density at radius 1 is 1.16 bits per heavy atom. The molecule has 0 fully saturated rings. The first-order valence-corrected chi connectivity index (χ1v) is 8.75. The number of nitrogens with one attached hydrogen (secondary N) is 1. The summed E-state index contributed by atoms with van der Waals surface area (Å²) in [4.78, 5) is 10.3. The Bertz CT molecular complexity index is 1040. The zero-order valence-corrected chi connectivity index (χ0v) is 14.0. The molecule has 5 rings (SSSR count). The maximum Gasteiger partial charge on any atom is 0.231 e. The lowest BCUT2D eigenvalue weighted by Crippen LogP contribution is -2.02. The van der Waals surface area contributed by atoms with Gasteiger partial charge in [0, 0.05) is 22.8 Å². The van der Waals surface area contributed by atoms with Crippen LogP contribution in [-0.4, -0.2) is 21.2 Å². The number of anilines is 1. The smallest absolute Gasteiger partial charge is 0.231 e. The molecule has 1 N–H and O–H groups in total. The summed E-state index contributed by atoms with van der Waals surface area (Å²) >= 11 is 1.72. The summed E-state index contributed by atoms with van der Waals surface area (Å²) in [7, 11) is 0. The predicted molar refractivity (Wildman–Crippen MR) is 96.2 cm³/mol. The molecule has 0 amide bonds. The fourth-order valence-electron chi connectivity index (χ4n) is 2.90. The van der Waals surface area contributed by atoms with Crippen LogP contribution in [0.3, 0.4) is 0 Å². The standard InChI is InChI=1S/C18H14N4O2S/c1-2-13(25-7-1)9-20-17-18-21-10-14(22(18)6-5-19-17)12-3-4-15-16(8-12)24-11-23-15/h1-8,10H,9,11H2,(H,19,20). The molecular formula is C18H14N4O2S. The molecule has 0 atom stereocenters. The van der Waals surface area contributed by atoms with E-state index in [4.69, 9.17) is 9.47 Å². The van der Waals surface area contributed by atoms with Gasteiger partial charge in [-0.15, -0.1) is 11.3 Å². The second kappa shape index (κ2) is 5.78. The van der Waals surface area contributed by atoms with E-state index in [1.807, 2.05) is 41.1 Å². The molecule has 0 spiro atoms. The molecular weight excluding hydrogens is 336 g/mol. The summed E-state index contributed by atoms with van der Waals surface area (Å²) in [5.74, 6) is 2.30. The van der Waals surface area contributed by atoms with Crippen molar-refractivity contribution in [3.63, 3.8) is 0 Å². The monoisotopic (exact) mass is 350 g/mol. The molecule has 3 aromatic heterocycles. The fraction of sp³-hybridized carbons (Fsp3) is 0.111. The lowest BCUT2D eigenvalue weighted by molar-refractivity contribution is 0.174. The number of hydrogen-bond donors (Lipinski definition) is 1. The zero-order valence-electron chi connectivity index (χ0n) is 13.2. The highest BCUT2D eigenvalue weighted by Crippen LogP contribution is 2.36. The van der Waals surface area contributed by atoms with Crippen molar-refractivity contribution >= 4 is 22.8 Å². The van der Waals surface area contributed by atoms with E-state index in [1.54, 1.807) is 17.5 Å². The fourth-order valence-corrected chi connectivity index (χ4v) is 3.54. The first-order chi connectivity index (χ1) is 12.4. The summed E-state index contributed by atoms with van der Waals surface area (Å²) < 4.78 is 12.9. The second-order valence-electron chi connectivity index (χ2n) is 5.61. The average Bonchev–Trinajstić information content (AvgIpc) is 3.38. The molecule has 0 unspecified atom stereocenters. The van der Waals surface area contributed by atoms with E-state index >= 15 is 0 Å². The molecule has 1 aliphatic rings. The molecule has 0 aliphatic carbocycles. The third-order valence-corrected chi connectivity index (χ3v) is 4.98. The van der Waals surface area contributed by atoms with Crippen LogP contribution >= 0.6 is 11.3 Å². The van der Waals surface area contributed by atoms with Gasteiger partial charge in [0.15, 0.2) is 23.0 Å². The van der Waals surface area contributed by atoms with Crippen LogP contribution in [0.5, 0.6) is 11.5 Å². The van der Waals surface area contributed by atoms with E-state index in [-0.39, 0.29) is 6.79 Å². The number of ether oxygens (including phenoxy) is 2. The third kappa shape index (κ3) is 2.49. The van der Waals surface area contributed by atoms with Crippen LogP contribution in [0.2, 0.25) is 0 Å². The van der Waals surface area contributed by atoms with Gasteiger partial charge in [-0.3, -0.25) is 4.40 Å². The molecule has 124 valence electrons. The molecule has 0 saturated heterocycles. The quantitative estimate of drug-likeness (QED) is 0.607. The van der Waals surface area contributed by atoms with E-state index in [2.05, 4.69) is 26.7 Å². The predicted octanol–water partition coefficient (Wildman–Crippen LogP) is 3.80. The Hall–Kier alpha value is -3.06. The molecule has 0 bridgehead atoms. The molecule has 1 aliphatic heterocycles. The van der Waals surface area contributed by atoms with Crippen molar-refractivity contribution in [3.8, 4) is 22.8 Å². The molecule has 0 radical (unpaired) electrons. The van der Waals surface area contributed by atoms with E-state index in [1.165, 1.54) is 4.88 Å². The summed E-state index contributed by atoms with van der Waals surface area (Å²) in [6.07, 6.45) is 5.55. The molecule has 1 aromatic carbocycles. The van der Waals surface area contributed by atoms with Gasteiger partial charge in [-0.2, -0.15) is 0 Å². The van der Waals surface area contributed by atoms with E-state index in [0.29, 0.717) is 0 Å². The van der Waals surface area contributed by atoms with Crippen molar-refractivity contribution in [2.45, 2.75) is 6.54 Å². The van der Waals surface area contributed by atoms with Crippen molar-refractivity contribution in [1.82, 2.24) is 14.4 Å². The Kier molecular flexibility index (Phi) is 3.31. The highest BCUT2D eigenvalue weighted by molar-refractivity contribution is 7.09. The minimum absolute atomic E-state index is 0.270. The van der Waals surface area contributed by atoms with Gasteiger partial charge in [-0.05, 0) is 29.6 Å². The van der Waals surface area contributed by atoms with Gasteiger partial charge in [0.2, 0.25) is 6.79 Å². The first-order valence-electron chi connectivity index (χ1n) is 7.87. The number of thiophene rings is 1. The van der Waals surface area contributed by atoms with Crippen LogP contribution in [0.15, 0.2) is 54.3 Å². The molecule has 4 heterocycles. The Balaban J connectivity index is 1.51. The highest BCUT2D eigenvalue weighted by atomic mass is 32.1. The van der Waals surface area contributed by atoms with Crippen LogP contribution in [0, 0.1) is 0 Å². The van der Waals surface area contributed by atoms with E-state index < -0.39 is 0 Å². The maximum atomic E-state index is 5.48. The minimum Gasteiger partial charge on any atom is -0.454 e. The minimum atomic E-state index is 0.270. The number of imidazole rings is 1. The maximum absolute atomic E-state index is 5.48. The Morgan fingerprint density at radius 3 is 3.04 bits per heavy atom. The van der Waals surface area contributed by atoms with Crippen molar-refractivity contribution in [1.29, 1.82) is 0 Å². The van der Waals surface area contributed by atoms with Gasteiger partial charge in [0.05, 0.1) is 18.4 Å². The van der Waals surface area contributed by atoms with Gasteiger partial charge < -0.3 is 14.8 Å². The normalized spacial score (nSPS) is 12.6. The van der Waals surface area contributed by atoms with Crippen molar-refractivity contribution < 1.29 is 9.47 Å². The first kappa shape index (κ1) is 14.3. The van der Waals surface area contributed by atoms with Crippen LogP contribution in [-0.2, 0) is 6.54 Å². The van der Waals surface area contributed by atoms with Gasteiger partial charge >= 0.3 is 0 Å². The molecule has 0 saturated carbocycles. The number of fused-ring (bicyclic) bond motifs is 2. The van der Waals surface area contributed by atoms with Crippen LogP contribution < -0.4 is 14.8 Å². The van der Waals surface area contributed by atoms with E-state index in [9.17, 15) is 0 Å². The molecule has 7 heteroatoms. The van der Waals surface area contributed by atoms with Gasteiger partial charge in [0.25, 0.3) is 0 Å². The number of nitrogens with zero attached hydrogens (tertiary/aromatic N) is 3. The van der Waals surface area contributed by atoms with Gasteiger partial charge in [-0.25, -0.2) is 9.97 Å². The average molecular weight is 350 g/mol. The van der Waals surface area contributed by atoms with Gasteiger partial charge in [0.1, 0.15) is 0 Å². The van der Waals surface area contributed by atoms with Crippen molar-refractivity contribution in [3.05, 3.63) is 59.2 Å². The van der Waals surface area contributed by atoms with Crippen LogP contribution in [0.1, 0.15) is 4.88 Å². The summed E-state index contributed by atoms with van der Waals surface area (Å²) in [6, 6.07) is 10.1. The molecule has 25 heavy (non-hydrogen) atoms. The van der Waals surface area contributed by atoms with Crippen molar-refractivity contribution in [2.75, 3.05) is 12.1 Å². The molecule has 6 nitrogen and oxygen atoms in total. The highest BCUT2D eigenvalue weighted by Gasteiger charge is 2.16. The molecule has 4 aromatic rings. The number of benzene rings is 1. The Morgan fingerprint density at radius 2 is 2.12 bits per heavy atom. The zero-order chi connectivity index (χ0) is 16.6. The lowest BCUT2D eigenvalue weighted by Gasteiger charge is -2.07. The van der Waals surface area contributed by atoms with Crippen LogP contribution in [0.4, 0.5) is 5.82 Å². The summed E-state index contributed by atoms with van der Waals surface area (Å²) in [5, 5.41) is 5.44. The largest absolute Gasteiger partial charge is 0.454 e. The number of hydrogen-bond acceptors (Lipinski definition) is 6. The summed E-state index contributed by atoms with van der Waals surface area (Å²) in [5.41, 5.74) is 2.80. The number of rotatable bonds is 4. The van der Waals surface area contributed by atoms with Gasteiger partial charge in [-0.1, -0.05) is 6.07 Å². The summed E-state index contributed by atoms with van der Waals surface area (Å²) in [6.45, 7) is 1.00.